The van der Waals surface area contributed by atoms with Crippen molar-refractivity contribution < 1.29 is 39.3 Å². The fourth-order valence-electron chi connectivity index (χ4n) is 3.47. The Bertz CT molecular complexity index is 1120. The van der Waals surface area contributed by atoms with Gasteiger partial charge in [-0.2, -0.15) is 0 Å². The standard InChI is InChI=1S/C26H32N4O8/c1-15(26(37)38)28-24(35)20(13-16-5-3-2-4-6-16)30-25(36)21(14-17-7-9-18(31)10-8-17)29-23(34)19(27)11-12-22(32)33/h2-10,15,19-21,31H,11-14,27H2,1H3,(H,28,35)(H,29,34)(H,30,36)(H,32,33)(H,37,38). The highest BCUT2D eigenvalue weighted by Gasteiger charge is 2.30. The van der Waals surface area contributed by atoms with Crippen LogP contribution in [0.4, 0.5) is 0 Å². The van der Waals surface area contributed by atoms with E-state index in [4.69, 9.17) is 15.9 Å². The molecule has 0 saturated carbocycles. The van der Waals surface area contributed by atoms with Crippen molar-refractivity contribution in [3.8, 4) is 5.75 Å². The lowest BCUT2D eigenvalue weighted by molar-refractivity contribution is -0.142. The largest absolute Gasteiger partial charge is 0.508 e. The molecule has 38 heavy (non-hydrogen) atoms. The molecule has 2 rings (SSSR count). The van der Waals surface area contributed by atoms with E-state index in [0.717, 1.165) is 0 Å². The molecule has 4 unspecified atom stereocenters. The van der Waals surface area contributed by atoms with E-state index in [1.165, 1.54) is 19.1 Å². The Morgan fingerprint density at radius 3 is 1.79 bits per heavy atom. The van der Waals surface area contributed by atoms with E-state index in [0.29, 0.717) is 11.1 Å². The van der Waals surface area contributed by atoms with Crippen LogP contribution in [0.3, 0.4) is 0 Å². The Morgan fingerprint density at radius 2 is 1.26 bits per heavy atom. The summed E-state index contributed by atoms with van der Waals surface area (Å²) in [7, 11) is 0. The molecule has 4 atom stereocenters. The first-order valence-electron chi connectivity index (χ1n) is 11.9. The van der Waals surface area contributed by atoms with Crippen LogP contribution >= 0.6 is 0 Å². The van der Waals surface area contributed by atoms with E-state index in [-0.39, 0.29) is 31.4 Å². The van der Waals surface area contributed by atoms with Crippen molar-refractivity contribution in [1.82, 2.24) is 16.0 Å². The maximum atomic E-state index is 13.4. The van der Waals surface area contributed by atoms with Gasteiger partial charge >= 0.3 is 11.9 Å². The van der Waals surface area contributed by atoms with Gasteiger partial charge in [-0.15, -0.1) is 0 Å². The van der Waals surface area contributed by atoms with Crippen molar-refractivity contribution >= 4 is 29.7 Å². The maximum Gasteiger partial charge on any atom is 0.325 e. The Morgan fingerprint density at radius 1 is 0.763 bits per heavy atom. The monoisotopic (exact) mass is 528 g/mol. The Kier molecular flexibility index (Phi) is 11.2. The summed E-state index contributed by atoms with van der Waals surface area (Å²) in [5.74, 6) is -4.61. The van der Waals surface area contributed by atoms with Gasteiger partial charge in [-0.1, -0.05) is 42.5 Å². The normalized spacial score (nSPS) is 13.8. The highest BCUT2D eigenvalue weighted by molar-refractivity contribution is 5.94. The first-order valence-corrected chi connectivity index (χ1v) is 11.9. The topological polar surface area (TPSA) is 208 Å². The molecule has 0 aliphatic carbocycles. The molecule has 8 N–H and O–H groups in total. The molecule has 0 fully saturated rings. The highest BCUT2D eigenvalue weighted by atomic mass is 16.4. The molecule has 0 saturated heterocycles. The fourth-order valence-corrected chi connectivity index (χ4v) is 3.47. The number of phenolic OH excluding ortho intramolecular Hbond substituents is 1. The van der Waals surface area contributed by atoms with E-state index >= 15 is 0 Å². The average Bonchev–Trinajstić information content (AvgIpc) is 2.87. The SMILES string of the molecule is CC(NC(=O)C(Cc1ccccc1)NC(=O)C(Cc1ccc(O)cc1)NC(=O)C(N)CCC(=O)O)C(=O)O. The van der Waals surface area contributed by atoms with Gasteiger partial charge in [-0.3, -0.25) is 24.0 Å². The number of amides is 3. The molecule has 2 aromatic rings. The lowest BCUT2D eigenvalue weighted by Crippen LogP contribution is -2.58. The zero-order chi connectivity index (χ0) is 28.2. The molecule has 2 aromatic carbocycles. The van der Waals surface area contributed by atoms with Gasteiger partial charge in [0.15, 0.2) is 0 Å². The summed E-state index contributed by atoms with van der Waals surface area (Å²) in [5.41, 5.74) is 7.08. The van der Waals surface area contributed by atoms with Crippen molar-refractivity contribution in [2.45, 2.75) is 56.8 Å². The van der Waals surface area contributed by atoms with Crippen LogP contribution in [-0.2, 0) is 36.8 Å². The number of nitrogens with two attached hydrogens (primary N) is 1. The summed E-state index contributed by atoms with van der Waals surface area (Å²) in [6.45, 7) is 1.29. The van der Waals surface area contributed by atoms with Crippen molar-refractivity contribution in [3.63, 3.8) is 0 Å². The molecule has 3 amide bonds. The number of carboxylic acids is 2. The molecule has 0 aliphatic rings. The van der Waals surface area contributed by atoms with Crippen LogP contribution in [0.2, 0.25) is 0 Å². The van der Waals surface area contributed by atoms with Gasteiger partial charge in [-0.25, -0.2) is 0 Å². The van der Waals surface area contributed by atoms with Crippen molar-refractivity contribution in [2.24, 2.45) is 5.73 Å². The van der Waals surface area contributed by atoms with E-state index in [1.54, 1.807) is 42.5 Å². The predicted molar refractivity (Wildman–Crippen MR) is 136 cm³/mol. The molecule has 12 nitrogen and oxygen atoms in total. The number of carbonyl (C=O) groups excluding carboxylic acids is 3. The van der Waals surface area contributed by atoms with Gasteiger partial charge in [-0.05, 0) is 36.6 Å². The van der Waals surface area contributed by atoms with Gasteiger partial charge in [0.1, 0.15) is 23.9 Å². The van der Waals surface area contributed by atoms with Gasteiger partial charge in [0.25, 0.3) is 0 Å². The maximum absolute atomic E-state index is 13.4. The van der Waals surface area contributed by atoms with E-state index in [2.05, 4.69) is 16.0 Å². The number of aromatic hydroxyl groups is 1. The minimum absolute atomic E-state index is 0.00151. The summed E-state index contributed by atoms with van der Waals surface area (Å²) >= 11 is 0. The Balaban J connectivity index is 2.27. The van der Waals surface area contributed by atoms with Crippen LogP contribution in [0.25, 0.3) is 0 Å². The number of nitrogens with one attached hydrogen (secondary N) is 3. The van der Waals surface area contributed by atoms with E-state index < -0.39 is 53.8 Å². The first-order chi connectivity index (χ1) is 18.0. The summed E-state index contributed by atoms with van der Waals surface area (Å²) < 4.78 is 0. The van der Waals surface area contributed by atoms with Crippen molar-refractivity contribution in [1.29, 1.82) is 0 Å². The summed E-state index contributed by atoms with van der Waals surface area (Å²) in [6, 6.07) is 9.87. The minimum Gasteiger partial charge on any atom is -0.508 e. The van der Waals surface area contributed by atoms with Gasteiger partial charge in [0.2, 0.25) is 17.7 Å². The van der Waals surface area contributed by atoms with E-state index in [9.17, 15) is 29.1 Å². The molecule has 204 valence electrons. The molecular weight excluding hydrogens is 496 g/mol. The second kappa shape index (κ2) is 14.3. The first kappa shape index (κ1) is 29.8. The number of phenols is 1. The third-order valence-electron chi connectivity index (χ3n) is 5.66. The van der Waals surface area contributed by atoms with Crippen LogP contribution in [0, 0.1) is 0 Å². The summed E-state index contributed by atoms with van der Waals surface area (Å²) in [6.07, 6.45) is -0.483. The minimum atomic E-state index is -1.25. The number of benzene rings is 2. The van der Waals surface area contributed by atoms with E-state index in [1.807, 2.05) is 0 Å². The number of hydrogen-bond acceptors (Lipinski definition) is 7. The highest BCUT2D eigenvalue weighted by Crippen LogP contribution is 2.12. The third-order valence-corrected chi connectivity index (χ3v) is 5.66. The van der Waals surface area contributed by atoms with Gasteiger partial charge in [0, 0.05) is 19.3 Å². The smallest absolute Gasteiger partial charge is 0.325 e. The molecule has 0 aromatic heterocycles. The van der Waals surface area contributed by atoms with Crippen LogP contribution in [0.5, 0.6) is 5.75 Å². The number of carboxylic acid groups (broad SMARTS) is 2. The van der Waals surface area contributed by atoms with Crippen LogP contribution in [0.15, 0.2) is 54.6 Å². The summed E-state index contributed by atoms with van der Waals surface area (Å²) in [5, 5.41) is 35.0. The molecule has 0 radical (unpaired) electrons. The molecular formula is C26H32N4O8. The fraction of sp³-hybridized carbons (Fsp3) is 0.346. The predicted octanol–water partition coefficient (Wildman–Crippen LogP) is -0.0716. The average molecular weight is 529 g/mol. The molecule has 0 bridgehead atoms. The van der Waals surface area contributed by atoms with Gasteiger partial charge < -0.3 is 37.0 Å². The second-order valence-corrected chi connectivity index (χ2v) is 8.79. The van der Waals surface area contributed by atoms with Crippen molar-refractivity contribution in [2.75, 3.05) is 0 Å². The van der Waals surface area contributed by atoms with Crippen molar-refractivity contribution in [3.05, 3.63) is 65.7 Å². The lowest BCUT2D eigenvalue weighted by Gasteiger charge is -2.25. The quantitative estimate of drug-likeness (QED) is 0.175. The molecule has 0 aliphatic heterocycles. The summed E-state index contributed by atoms with van der Waals surface area (Å²) in [4.78, 5) is 61.0. The Hall–Kier alpha value is -4.45. The second-order valence-electron chi connectivity index (χ2n) is 8.79. The zero-order valence-electron chi connectivity index (χ0n) is 20.8. The molecule has 0 spiro atoms. The van der Waals surface area contributed by atoms with Crippen LogP contribution in [0.1, 0.15) is 30.9 Å². The number of hydrogen-bond donors (Lipinski definition) is 7. The number of carbonyl (C=O) groups is 5. The molecule has 12 heteroatoms. The zero-order valence-corrected chi connectivity index (χ0v) is 20.8. The molecule has 0 heterocycles. The third kappa shape index (κ3) is 9.90. The Labute approximate surface area is 219 Å². The van der Waals surface area contributed by atoms with Crippen LogP contribution in [-0.4, -0.2) is 69.1 Å². The number of aliphatic carboxylic acids is 2. The number of rotatable bonds is 14. The lowest BCUT2D eigenvalue weighted by atomic mass is 10.0. The van der Waals surface area contributed by atoms with Crippen LogP contribution < -0.4 is 21.7 Å². The van der Waals surface area contributed by atoms with Gasteiger partial charge in [0.05, 0.1) is 6.04 Å².